The highest BCUT2D eigenvalue weighted by Crippen LogP contribution is 2.22. The van der Waals surface area contributed by atoms with Crippen LogP contribution in [-0.2, 0) is 4.74 Å². The Kier molecular flexibility index (Phi) is 6.67. The molecule has 1 N–H and O–H groups in total. The molecular weight excluding hydrogens is 264 g/mol. The smallest absolute Gasteiger partial charge is 0.255 e. The number of amides is 1. The highest BCUT2D eigenvalue weighted by atomic mass is 35.5. The normalized spacial score (nSPS) is 10.3. The molecule has 5 heteroatoms. The molecule has 1 amide bonds. The average Bonchev–Trinajstić information content (AvgIpc) is 2.40. The van der Waals surface area contributed by atoms with E-state index in [1.807, 2.05) is 13.0 Å². The summed E-state index contributed by atoms with van der Waals surface area (Å²) in [5, 5.41) is 3.74. The molecule has 0 bridgehead atoms. The number of benzene rings is 1. The molecule has 0 radical (unpaired) electrons. The lowest BCUT2D eigenvalue weighted by molar-refractivity contribution is 0.0780. The number of ether oxygens (including phenoxy) is 1. The van der Waals surface area contributed by atoms with Crippen LogP contribution in [0.3, 0.4) is 0 Å². The second-order valence-corrected chi connectivity index (χ2v) is 4.73. The number of anilines is 1. The minimum Gasteiger partial charge on any atom is -0.385 e. The van der Waals surface area contributed by atoms with Gasteiger partial charge in [-0.3, -0.25) is 4.79 Å². The van der Waals surface area contributed by atoms with Crippen LogP contribution in [0.4, 0.5) is 5.69 Å². The first-order chi connectivity index (χ1) is 9.10. The van der Waals surface area contributed by atoms with Crippen molar-refractivity contribution in [2.75, 3.05) is 39.2 Å². The van der Waals surface area contributed by atoms with Gasteiger partial charge in [-0.15, -0.1) is 0 Å². The number of carbonyl (C=O) groups is 1. The number of rotatable bonds is 7. The largest absolute Gasteiger partial charge is 0.385 e. The maximum atomic E-state index is 12.4. The molecule has 106 valence electrons. The van der Waals surface area contributed by atoms with Crippen molar-refractivity contribution in [3.8, 4) is 0 Å². The number of halogens is 1. The Morgan fingerprint density at radius 2 is 2.21 bits per heavy atom. The number of nitrogens with zero attached hydrogens (tertiary/aromatic N) is 1. The highest BCUT2D eigenvalue weighted by Gasteiger charge is 2.15. The number of hydrogen-bond donors (Lipinski definition) is 1. The van der Waals surface area contributed by atoms with Gasteiger partial charge in [-0.05, 0) is 31.5 Å². The van der Waals surface area contributed by atoms with Gasteiger partial charge >= 0.3 is 0 Å². The third-order valence-electron chi connectivity index (χ3n) is 2.77. The van der Waals surface area contributed by atoms with Crippen LogP contribution in [0.1, 0.15) is 23.7 Å². The summed E-state index contributed by atoms with van der Waals surface area (Å²) >= 11 is 5.97. The van der Waals surface area contributed by atoms with Gasteiger partial charge in [0, 0.05) is 44.6 Å². The molecule has 0 saturated heterocycles. The van der Waals surface area contributed by atoms with Crippen molar-refractivity contribution in [3.63, 3.8) is 0 Å². The lowest BCUT2D eigenvalue weighted by Crippen LogP contribution is -2.29. The summed E-state index contributed by atoms with van der Waals surface area (Å²) in [4.78, 5) is 14.1. The molecule has 0 aliphatic carbocycles. The predicted octanol–water partition coefficient (Wildman–Crippen LogP) is 2.88. The van der Waals surface area contributed by atoms with Crippen LogP contribution in [0.5, 0.6) is 0 Å². The van der Waals surface area contributed by atoms with E-state index >= 15 is 0 Å². The summed E-state index contributed by atoms with van der Waals surface area (Å²) in [6.45, 7) is 4.05. The molecule has 0 aliphatic rings. The Balaban J connectivity index is 2.81. The van der Waals surface area contributed by atoms with Gasteiger partial charge in [0.15, 0.2) is 0 Å². The van der Waals surface area contributed by atoms with Gasteiger partial charge in [0.25, 0.3) is 5.91 Å². The zero-order valence-electron chi connectivity index (χ0n) is 11.7. The van der Waals surface area contributed by atoms with Crippen LogP contribution >= 0.6 is 11.6 Å². The molecule has 0 atom stereocenters. The molecule has 4 nitrogen and oxygen atoms in total. The molecule has 1 rings (SSSR count). The van der Waals surface area contributed by atoms with Crippen molar-refractivity contribution in [2.24, 2.45) is 0 Å². The molecule has 0 aromatic heterocycles. The van der Waals surface area contributed by atoms with Gasteiger partial charge in [-0.1, -0.05) is 11.6 Å². The molecule has 0 heterocycles. The third-order valence-corrected chi connectivity index (χ3v) is 3.00. The molecule has 0 spiro atoms. The summed E-state index contributed by atoms with van der Waals surface area (Å²) in [7, 11) is 3.44. The first-order valence-corrected chi connectivity index (χ1v) is 6.75. The third kappa shape index (κ3) is 4.73. The Morgan fingerprint density at radius 1 is 1.47 bits per heavy atom. The van der Waals surface area contributed by atoms with Crippen LogP contribution in [0.25, 0.3) is 0 Å². The SMILES string of the molecule is CCNc1ccc(Cl)cc1C(=O)N(C)CCCOC. The van der Waals surface area contributed by atoms with Crippen LogP contribution in [0.2, 0.25) is 5.02 Å². The summed E-state index contributed by atoms with van der Waals surface area (Å²) in [5.74, 6) is -0.0328. The maximum Gasteiger partial charge on any atom is 0.255 e. The average molecular weight is 285 g/mol. The van der Waals surface area contributed by atoms with E-state index in [1.54, 1.807) is 31.2 Å². The molecular formula is C14H21ClN2O2. The minimum absolute atomic E-state index is 0.0328. The van der Waals surface area contributed by atoms with E-state index in [4.69, 9.17) is 16.3 Å². The van der Waals surface area contributed by atoms with Gasteiger partial charge < -0.3 is 15.0 Å². The number of carbonyl (C=O) groups excluding carboxylic acids is 1. The van der Waals surface area contributed by atoms with E-state index in [0.717, 1.165) is 18.7 Å². The molecule has 0 unspecified atom stereocenters. The fraction of sp³-hybridized carbons (Fsp3) is 0.500. The Hall–Kier alpha value is -1.26. The van der Waals surface area contributed by atoms with Crippen LogP contribution < -0.4 is 5.32 Å². The van der Waals surface area contributed by atoms with Gasteiger partial charge in [-0.25, -0.2) is 0 Å². The summed E-state index contributed by atoms with van der Waals surface area (Å²) in [5.41, 5.74) is 1.42. The topological polar surface area (TPSA) is 41.6 Å². The second-order valence-electron chi connectivity index (χ2n) is 4.29. The molecule has 0 aliphatic heterocycles. The molecule has 1 aromatic rings. The quantitative estimate of drug-likeness (QED) is 0.783. The zero-order chi connectivity index (χ0) is 14.3. The van der Waals surface area contributed by atoms with Crippen molar-refractivity contribution >= 4 is 23.2 Å². The highest BCUT2D eigenvalue weighted by molar-refractivity contribution is 6.31. The van der Waals surface area contributed by atoms with Gasteiger partial charge in [0.1, 0.15) is 0 Å². The van der Waals surface area contributed by atoms with Gasteiger partial charge in [0.05, 0.1) is 5.56 Å². The predicted molar refractivity (Wildman–Crippen MR) is 79.1 cm³/mol. The van der Waals surface area contributed by atoms with Crippen molar-refractivity contribution in [1.82, 2.24) is 4.90 Å². The first kappa shape index (κ1) is 15.8. The Morgan fingerprint density at radius 3 is 2.84 bits per heavy atom. The van der Waals surface area contributed by atoms with Crippen molar-refractivity contribution in [3.05, 3.63) is 28.8 Å². The summed E-state index contributed by atoms with van der Waals surface area (Å²) < 4.78 is 4.99. The number of nitrogens with one attached hydrogen (secondary N) is 1. The first-order valence-electron chi connectivity index (χ1n) is 6.38. The van der Waals surface area contributed by atoms with Crippen molar-refractivity contribution in [2.45, 2.75) is 13.3 Å². The van der Waals surface area contributed by atoms with E-state index in [2.05, 4.69) is 5.32 Å². The number of hydrogen-bond acceptors (Lipinski definition) is 3. The minimum atomic E-state index is -0.0328. The van der Waals surface area contributed by atoms with E-state index in [0.29, 0.717) is 23.7 Å². The Labute approximate surface area is 119 Å². The fourth-order valence-electron chi connectivity index (χ4n) is 1.79. The lowest BCUT2D eigenvalue weighted by Gasteiger charge is -2.19. The zero-order valence-corrected chi connectivity index (χ0v) is 12.5. The van der Waals surface area contributed by atoms with Crippen molar-refractivity contribution < 1.29 is 9.53 Å². The van der Waals surface area contributed by atoms with Crippen LogP contribution in [-0.4, -0.2) is 44.7 Å². The monoisotopic (exact) mass is 284 g/mol. The molecule has 1 aromatic carbocycles. The second kappa shape index (κ2) is 8.02. The van der Waals surface area contributed by atoms with E-state index in [-0.39, 0.29) is 5.91 Å². The van der Waals surface area contributed by atoms with E-state index < -0.39 is 0 Å². The van der Waals surface area contributed by atoms with Crippen LogP contribution in [0.15, 0.2) is 18.2 Å². The summed E-state index contributed by atoms with van der Waals surface area (Å²) in [6, 6.07) is 5.32. The van der Waals surface area contributed by atoms with Gasteiger partial charge in [-0.2, -0.15) is 0 Å². The maximum absolute atomic E-state index is 12.4. The lowest BCUT2D eigenvalue weighted by atomic mass is 10.1. The van der Waals surface area contributed by atoms with E-state index in [1.165, 1.54) is 0 Å². The van der Waals surface area contributed by atoms with Crippen molar-refractivity contribution in [1.29, 1.82) is 0 Å². The Bertz CT molecular complexity index is 424. The van der Waals surface area contributed by atoms with E-state index in [9.17, 15) is 4.79 Å². The fourth-order valence-corrected chi connectivity index (χ4v) is 1.96. The number of methoxy groups -OCH3 is 1. The van der Waals surface area contributed by atoms with Crippen LogP contribution in [0, 0.1) is 0 Å². The molecule has 0 fully saturated rings. The molecule has 19 heavy (non-hydrogen) atoms. The van der Waals surface area contributed by atoms with Gasteiger partial charge in [0.2, 0.25) is 0 Å². The molecule has 0 saturated carbocycles. The standard InChI is InChI=1S/C14H21ClN2O2/c1-4-16-13-7-6-11(15)10-12(13)14(18)17(2)8-5-9-19-3/h6-7,10,16H,4-5,8-9H2,1-3H3. The summed E-state index contributed by atoms with van der Waals surface area (Å²) in [6.07, 6.45) is 0.815.